The predicted octanol–water partition coefficient (Wildman–Crippen LogP) is 1.89. The molecule has 4 rings (SSSR count). The summed E-state index contributed by atoms with van der Waals surface area (Å²) in [4.78, 5) is 4.49. The molecule has 2 heterocycles. The number of hydrogen-bond donors (Lipinski definition) is 1. The fraction of sp³-hybridized carbons (Fsp3) is 0.467. The molecule has 5 nitrogen and oxygen atoms in total. The molecule has 0 radical (unpaired) electrons. The first-order chi connectivity index (χ1) is 9.90. The minimum atomic E-state index is -0.101. The van der Waals surface area contributed by atoms with Gasteiger partial charge in [0.25, 0.3) is 5.89 Å². The van der Waals surface area contributed by atoms with E-state index in [9.17, 15) is 0 Å². The molecule has 20 heavy (non-hydrogen) atoms. The number of fused-ring (bicyclic) bond motifs is 1. The lowest BCUT2D eigenvalue weighted by atomic mass is 10.1. The van der Waals surface area contributed by atoms with E-state index >= 15 is 0 Å². The molecule has 1 aromatic heterocycles. The van der Waals surface area contributed by atoms with Crippen LogP contribution in [0.3, 0.4) is 0 Å². The number of nitrogens with zero attached hydrogens (tertiary/aromatic N) is 2. The third-order valence-electron chi connectivity index (χ3n) is 4.00. The van der Waals surface area contributed by atoms with Crippen molar-refractivity contribution in [3.05, 3.63) is 35.2 Å². The number of rotatable bonds is 2. The molecule has 2 aromatic rings. The van der Waals surface area contributed by atoms with E-state index in [4.69, 9.17) is 9.26 Å². The third-order valence-corrected chi connectivity index (χ3v) is 4.00. The Hall–Kier alpha value is -1.72. The molecule has 0 saturated carbocycles. The lowest BCUT2D eigenvalue weighted by Crippen LogP contribution is -2.33. The van der Waals surface area contributed by atoms with Crippen molar-refractivity contribution in [3.8, 4) is 11.5 Å². The highest BCUT2D eigenvalue weighted by molar-refractivity contribution is 5.56. The van der Waals surface area contributed by atoms with Gasteiger partial charge in [-0.05, 0) is 42.5 Å². The van der Waals surface area contributed by atoms with Crippen LogP contribution in [0.15, 0.2) is 22.7 Å². The van der Waals surface area contributed by atoms with Crippen molar-refractivity contribution in [2.45, 2.75) is 25.4 Å². The third kappa shape index (κ3) is 2.13. The normalized spacial score (nSPS) is 21.9. The molecule has 0 amide bonds. The average molecular weight is 271 g/mol. The van der Waals surface area contributed by atoms with Crippen molar-refractivity contribution < 1.29 is 9.26 Å². The summed E-state index contributed by atoms with van der Waals surface area (Å²) in [5.74, 6) is 1.22. The maximum absolute atomic E-state index is 5.64. The largest absolute Gasteiger partial charge is 0.367 e. The Bertz CT molecular complexity index is 617. The van der Waals surface area contributed by atoms with E-state index in [0.717, 1.165) is 25.1 Å². The molecule has 1 saturated heterocycles. The van der Waals surface area contributed by atoms with Gasteiger partial charge in [-0.3, -0.25) is 0 Å². The van der Waals surface area contributed by atoms with Crippen molar-refractivity contribution in [2.24, 2.45) is 0 Å². The van der Waals surface area contributed by atoms with Gasteiger partial charge in [-0.2, -0.15) is 4.98 Å². The molecule has 1 fully saturated rings. The zero-order valence-electron chi connectivity index (χ0n) is 11.3. The van der Waals surface area contributed by atoms with Gasteiger partial charge < -0.3 is 14.6 Å². The fourth-order valence-corrected chi connectivity index (χ4v) is 2.92. The van der Waals surface area contributed by atoms with Crippen molar-refractivity contribution >= 4 is 0 Å². The van der Waals surface area contributed by atoms with E-state index in [1.807, 2.05) is 0 Å². The maximum Gasteiger partial charge on any atom is 0.258 e. The smallest absolute Gasteiger partial charge is 0.258 e. The Kier molecular flexibility index (Phi) is 3.01. The van der Waals surface area contributed by atoms with Gasteiger partial charge >= 0.3 is 0 Å². The summed E-state index contributed by atoms with van der Waals surface area (Å²) >= 11 is 0. The summed E-state index contributed by atoms with van der Waals surface area (Å²) in [6.07, 6.45) is 3.48. The Morgan fingerprint density at radius 2 is 2.15 bits per heavy atom. The van der Waals surface area contributed by atoms with Crippen molar-refractivity contribution in [3.63, 3.8) is 0 Å². The summed E-state index contributed by atoms with van der Waals surface area (Å²) in [7, 11) is 0. The van der Waals surface area contributed by atoms with Crippen molar-refractivity contribution in [2.75, 3.05) is 19.7 Å². The van der Waals surface area contributed by atoms with Crippen LogP contribution in [0.1, 0.15) is 29.5 Å². The van der Waals surface area contributed by atoms with Gasteiger partial charge in [0, 0.05) is 18.7 Å². The SMILES string of the molecule is c1cc2c(cc1-c1nc(C3CNCCO3)no1)CCC2. The first-order valence-corrected chi connectivity index (χ1v) is 7.18. The van der Waals surface area contributed by atoms with Crippen LogP contribution in [-0.4, -0.2) is 29.8 Å². The van der Waals surface area contributed by atoms with Gasteiger partial charge in [0.2, 0.25) is 5.82 Å². The number of ether oxygens (including phenoxy) is 1. The molecular formula is C15H17N3O2. The summed E-state index contributed by atoms with van der Waals surface area (Å²) in [6.45, 7) is 2.31. The number of aryl methyl sites for hydroxylation is 2. The van der Waals surface area contributed by atoms with Crippen LogP contribution in [0.5, 0.6) is 0 Å². The van der Waals surface area contributed by atoms with Crippen LogP contribution in [0.4, 0.5) is 0 Å². The van der Waals surface area contributed by atoms with Gasteiger partial charge in [-0.25, -0.2) is 0 Å². The molecule has 1 aliphatic carbocycles. The molecule has 1 aliphatic heterocycles. The summed E-state index contributed by atoms with van der Waals surface area (Å²) in [5, 5.41) is 7.33. The molecule has 1 unspecified atom stereocenters. The van der Waals surface area contributed by atoms with E-state index in [1.165, 1.54) is 24.0 Å². The van der Waals surface area contributed by atoms with Crippen LogP contribution < -0.4 is 5.32 Å². The van der Waals surface area contributed by atoms with Gasteiger partial charge in [0.05, 0.1) is 6.61 Å². The second-order valence-corrected chi connectivity index (χ2v) is 5.36. The molecule has 1 N–H and O–H groups in total. The topological polar surface area (TPSA) is 60.2 Å². The Morgan fingerprint density at radius 1 is 1.20 bits per heavy atom. The van der Waals surface area contributed by atoms with Crippen molar-refractivity contribution in [1.82, 2.24) is 15.5 Å². The fourth-order valence-electron chi connectivity index (χ4n) is 2.92. The number of benzene rings is 1. The van der Waals surface area contributed by atoms with Gasteiger partial charge in [0.15, 0.2) is 0 Å². The number of nitrogens with one attached hydrogen (secondary N) is 1. The van der Waals surface area contributed by atoms with Crippen molar-refractivity contribution in [1.29, 1.82) is 0 Å². The average Bonchev–Trinajstić information content (AvgIpc) is 3.16. The molecule has 1 aromatic carbocycles. The minimum absolute atomic E-state index is 0.101. The zero-order chi connectivity index (χ0) is 13.4. The lowest BCUT2D eigenvalue weighted by Gasteiger charge is -2.20. The number of aromatic nitrogens is 2. The van der Waals surface area contributed by atoms with Gasteiger partial charge in [0.1, 0.15) is 6.10 Å². The van der Waals surface area contributed by atoms with E-state index in [1.54, 1.807) is 0 Å². The van der Waals surface area contributed by atoms with Crippen LogP contribution in [0.25, 0.3) is 11.5 Å². The highest BCUT2D eigenvalue weighted by atomic mass is 16.5. The molecule has 0 bridgehead atoms. The molecule has 1 atom stereocenters. The first kappa shape index (κ1) is 12.1. The van der Waals surface area contributed by atoms with Crippen LogP contribution in [0.2, 0.25) is 0 Å². The zero-order valence-corrected chi connectivity index (χ0v) is 11.3. The standard InChI is InChI=1S/C15H17N3O2/c1-2-10-4-5-12(8-11(10)3-1)15-17-14(18-20-15)13-9-16-6-7-19-13/h4-5,8,13,16H,1-3,6-7,9H2. The second kappa shape index (κ2) is 5.00. The van der Waals surface area contributed by atoms with Gasteiger partial charge in [-0.15, -0.1) is 0 Å². The molecule has 104 valence electrons. The van der Waals surface area contributed by atoms with E-state index in [-0.39, 0.29) is 6.10 Å². The Morgan fingerprint density at radius 3 is 3.05 bits per heavy atom. The van der Waals surface area contributed by atoms with E-state index in [2.05, 4.69) is 33.7 Å². The molecular weight excluding hydrogens is 254 g/mol. The van der Waals surface area contributed by atoms with E-state index in [0.29, 0.717) is 18.3 Å². The summed E-state index contributed by atoms with van der Waals surface area (Å²) < 4.78 is 11.0. The van der Waals surface area contributed by atoms with Gasteiger partial charge in [-0.1, -0.05) is 11.2 Å². The Labute approximate surface area is 117 Å². The minimum Gasteiger partial charge on any atom is -0.367 e. The number of morpholine rings is 1. The first-order valence-electron chi connectivity index (χ1n) is 7.18. The predicted molar refractivity (Wildman–Crippen MR) is 73.3 cm³/mol. The van der Waals surface area contributed by atoms with E-state index < -0.39 is 0 Å². The summed E-state index contributed by atoms with van der Waals surface area (Å²) in [6, 6.07) is 6.43. The highest BCUT2D eigenvalue weighted by Crippen LogP contribution is 2.28. The Balaban J connectivity index is 1.61. The monoisotopic (exact) mass is 271 g/mol. The van der Waals surface area contributed by atoms with Crippen LogP contribution in [0, 0.1) is 0 Å². The highest BCUT2D eigenvalue weighted by Gasteiger charge is 2.22. The number of hydrogen-bond acceptors (Lipinski definition) is 5. The summed E-state index contributed by atoms with van der Waals surface area (Å²) in [5.41, 5.74) is 3.87. The quantitative estimate of drug-likeness (QED) is 0.903. The van der Waals surface area contributed by atoms with Crippen LogP contribution >= 0.6 is 0 Å². The molecule has 5 heteroatoms. The second-order valence-electron chi connectivity index (χ2n) is 5.36. The molecule has 0 spiro atoms. The maximum atomic E-state index is 5.64. The van der Waals surface area contributed by atoms with Crippen LogP contribution in [-0.2, 0) is 17.6 Å². The lowest BCUT2D eigenvalue weighted by molar-refractivity contribution is 0.0208. The molecule has 2 aliphatic rings.